The molecule has 22 heavy (non-hydrogen) atoms. The van der Waals surface area contributed by atoms with Crippen molar-refractivity contribution in [2.45, 2.75) is 0 Å². The number of likely N-dealkylation sites (N-methyl/N-ethyl adjacent to an activating group) is 2. The molecule has 0 radical (unpaired) electrons. The Morgan fingerprint density at radius 3 is 0.682 bits per heavy atom. The molecule has 134 valence electrons. The van der Waals surface area contributed by atoms with E-state index in [1.54, 1.807) is 0 Å². The maximum Gasteiger partial charge on any atom is 0.674 e. The van der Waals surface area contributed by atoms with E-state index in [9.17, 15) is 17.3 Å². The summed E-state index contributed by atoms with van der Waals surface area (Å²) in [5, 5.41) is 61.6. The van der Waals surface area contributed by atoms with E-state index in [1.165, 1.54) is 0 Å². The van der Waals surface area contributed by atoms with Crippen LogP contribution in [0.15, 0.2) is 0 Å². The number of rotatable bonds is 3. The van der Waals surface area contributed by atoms with Crippen molar-refractivity contribution in [3.8, 4) is 0 Å². The highest BCUT2D eigenvalue weighted by atomic mass is 19.1. The molecule has 0 aliphatic carbocycles. The summed E-state index contributed by atoms with van der Waals surface area (Å²) in [5.41, 5.74) is 0. The molecular weight excluding hydrogens is 323 g/mol. The van der Waals surface area contributed by atoms with Crippen molar-refractivity contribution in [1.82, 2.24) is 10.6 Å². The minimum atomic E-state index is -2.67. The molecule has 0 aromatic rings. The molecule has 0 saturated carbocycles. The summed E-state index contributed by atoms with van der Waals surface area (Å²) in [5.74, 6) is 0. The Balaban J connectivity index is -0.0000000555. The fourth-order valence-electron chi connectivity index (χ4n) is 0.250. The largest absolute Gasteiger partial charge is 0.674 e. The van der Waals surface area contributed by atoms with Crippen LogP contribution in [0.4, 0.5) is 17.3 Å². The van der Waals surface area contributed by atoms with Crippen LogP contribution in [-0.4, -0.2) is 97.0 Å². The third-order valence-corrected chi connectivity index (χ3v) is 0.625. The van der Waals surface area contributed by atoms with Crippen LogP contribution in [0.25, 0.3) is 0 Å². The Morgan fingerprint density at radius 2 is 0.636 bits per heavy atom. The predicted octanol–water partition coefficient (Wildman–Crippen LogP) is -4.87. The van der Waals surface area contributed by atoms with Gasteiger partial charge in [0.05, 0.1) is 0 Å². The van der Waals surface area contributed by atoms with Crippen LogP contribution in [0.2, 0.25) is 0 Å². The standard InChI is InChI=1S/C4H12N2.4BFH2O2/c1-5-3-4-6-2;4*2-1(3)4/h5-6H,3-4H2,1-2H3;4*3-4H. The van der Waals surface area contributed by atoms with E-state index >= 15 is 0 Å². The van der Waals surface area contributed by atoms with Gasteiger partial charge < -0.3 is 50.8 Å². The summed E-state index contributed by atoms with van der Waals surface area (Å²) in [7, 11) is -6.78. The lowest BCUT2D eigenvalue weighted by Crippen LogP contribution is -2.21. The zero-order chi connectivity index (χ0) is 19.1. The molecule has 0 bridgehead atoms. The van der Waals surface area contributed by atoms with Gasteiger partial charge in [-0.25, -0.2) is 0 Å². The molecule has 0 spiro atoms. The normalized spacial score (nSPS) is 7.36. The molecule has 0 saturated heterocycles. The van der Waals surface area contributed by atoms with Crippen LogP contribution in [-0.2, 0) is 0 Å². The maximum atomic E-state index is 10.1. The number of nitrogens with one attached hydrogen (secondary N) is 2. The average Bonchev–Trinajstić information content (AvgIpc) is 2.23. The highest BCUT2D eigenvalue weighted by Crippen LogP contribution is 1.58. The van der Waals surface area contributed by atoms with Crippen molar-refractivity contribution < 1.29 is 57.5 Å². The van der Waals surface area contributed by atoms with Crippen LogP contribution in [0.5, 0.6) is 0 Å². The van der Waals surface area contributed by atoms with E-state index in [2.05, 4.69) is 10.6 Å². The Labute approximate surface area is 126 Å². The minimum absolute atomic E-state index is 1.05. The lowest BCUT2D eigenvalue weighted by Gasteiger charge is -1.92. The Hall–Kier alpha value is -0.420. The monoisotopic (exact) mass is 344 g/mol. The number of hydrogen-bond acceptors (Lipinski definition) is 10. The van der Waals surface area contributed by atoms with Crippen molar-refractivity contribution in [1.29, 1.82) is 0 Å². The van der Waals surface area contributed by atoms with Crippen molar-refractivity contribution in [2.75, 3.05) is 27.2 Å². The first-order chi connectivity index (χ1) is 9.84. The third kappa shape index (κ3) is 1020. The molecule has 0 fully saturated rings. The molecule has 0 rings (SSSR count). The summed E-state index contributed by atoms with van der Waals surface area (Å²) < 4.78 is 40.4. The Morgan fingerprint density at radius 1 is 0.545 bits per heavy atom. The fourth-order valence-corrected chi connectivity index (χ4v) is 0.250. The van der Waals surface area contributed by atoms with Crippen LogP contribution in [0, 0.1) is 0 Å². The Kier molecular flexibility index (Phi) is 49.1. The molecule has 18 heteroatoms. The summed E-state index contributed by atoms with van der Waals surface area (Å²) >= 11 is 0. The van der Waals surface area contributed by atoms with E-state index in [0.717, 1.165) is 13.1 Å². The molecule has 0 aromatic heterocycles. The summed E-state index contributed by atoms with van der Waals surface area (Å²) in [4.78, 5) is 0. The molecular formula is C4H20B4F4N2O8. The quantitative estimate of drug-likeness (QED) is 0.135. The van der Waals surface area contributed by atoms with Crippen LogP contribution < -0.4 is 10.6 Å². The zero-order valence-corrected chi connectivity index (χ0v) is 11.8. The lowest BCUT2D eigenvalue weighted by atomic mass is 10.3. The first-order valence-corrected chi connectivity index (χ1v) is 5.15. The van der Waals surface area contributed by atoms with Crippen molar-refractivity contribution in [3.63, 3.8) is 0 Å². The van der Waals surface area contributed by atoms with Gasteiger partial charge in [0.2, 0.25) is 0 Å². The van der Waals surface area contributed by atoms with Gasteiger partial charge in [-0.2, -0.15) is 0 Å². The molecule has 0 heterocycles. The van der Waals surface area contributed by atoms with E-state index in [-0.39, 0.29) is 0 Å². The maximum absolute atomic E-state index is 10.1. The lowest BCUT2D eigenvalue weighted by molar-refractivity contribution is 0.338. The van der Waals surface area contributed by atoms with Gasteiger partial charge in [0, 0.05) is 13.1 Å². The Bertz CT molecular complexity index is 129. The molecule has 0 aliphatic heterocycles. The summed E-state index contributed by atoms with van der Waals surface area (Å²) in [6.07, 6.45) is 0. The van der Waals surface area contributed by atoms with E-state index < -0.39 is 29.6 Å². The SMILES string of the molecule is CNCCNC.OB(O)F.OB(O)F.OB(O)F.OB(O)F. The van der Waals surface area contributed by atoms with Gasteiger partial charge >= 0.3 is 29.6 Å². The second kappa shape index (κ2) is 32.5. The molecule has 0 unspecified atom stereocenters. The van der Waals surface area contributed by atoms with E-state index in [4.69, 9.17) is 40.2 Å². The first kappa shape index (κ1) is 33.2. The molecule has 0 aromatic carbocycles. The van der Waals surface area contributed by atoms with Gasteiger partial charge in [-0.05, 0) is 14.1 Å². The number of halogens is 4. The van der Waals surface area contributed by atoms with E-state index in [0.29, 0.717) is 0 Å². The highest BCUT2D eigenvalue weighted by Gasteiger charge is 1.98. The van der Waals surface area contributed by atoms with Crippen molar-refractivity contribution in [2.24, 2.45) is 0 Å². The van der Waals surface area contributed by atoms with Crippen LogP contribution in [0.1, 0.15) is 0 Å². The van der Waals surface area contributed by atoms with Crippen LogP contribution in [0.3, 0.4) is 0 Å². The molecule has 0 amide bonds. The minimum Gasteiger partial charge on any atom is -0.398 e. The second-order valence-electron chi connectivity index (χ2n) is 2.45. The zero-order valence-electron chi connectivity index (χ0n) is 11.8. The van der Waals surface area contributed by atoms with E-state index in [1.807, 2.05) is 14.1 Å². The van der Waals surface area contributed by atoms with Gasteiger partial charge in [-0.3, -0.25) is 17.3 Å². The van der Waals surface area contributed by atoms with Crippen LogP contribution >= 0.6 is 0 Å². The average molecular weight is 343 g/mol. The first-order valence-electron chi connectivity index (χ1n) is 5.15. The topological polar surface area (TPSA) is 186 Å². The molecule has 10 N–H and O–H groups in total. The fraction of sp³-hybridized carbons (Fsp3) is 1.00. The van der Waals surface area contributed by atoms with Gasteiger partial charge in [-0.15, -0.1) is 0 Å². The third-order valence-electron chi connectivity index (χ3n) is 0.625. The van der Waals surface area contributed by atoms with Gasteiger partial charge in [0.25, 0.3) is 0 Å². The molecule has 0 aliphatic rings. The highest BCUT2D eigenvalue weighted by molar-refractivity contribution is 6.32. The number of hydrogen-bond donors (Lipinski definition) is 10. The smallest absolute Gasteiger partial charge is 0.398 e. The second-order valence-corrected chi connectivity index (χ2v) is 2.45. The molecule has 10 nitrogen and oxygen atoms in total. The summed E-state index contributed by atoms with van der Waals surface area (Å²) in [6.45, 7) is 2.10. The van der Waals surface area contributed by atoms with Crippen molar-refractivity contribution in [3.05, 3.63) is 0 Å². The van der Waals surface area contributed by atoms with Gasteiger partial charge in [0.1, 0.15) is 0 Å². The summed E-state index contributed by atoms with van der Waals surface area (Å²) in [6, 6.07) is 0. The predicted molar refractivity (Wildman–Crippen MR) is 73.1 cm³/mol. The molecule has 0 atom stereocenters. The van der Waals surface area contributed by atoms with Gasteiger partial charge in [0.15, 0.2) is 0 Å². The van der Waals surface area contributed by atoms with Crippen molar-refractivity contribution >= 4 is 29.6 Å². The van der Waals surface area contributed by atoms with Gasteiger partial charge in [-0.1, -0.05) is 0 Å².